The molecule has 2 rings (SSSR count). The van der Waals surface area contributed by atoms with Crippen molar-refractivity contribution in [3.63, 3.8) is 0 Å². The van der Waals surface area contributed by atoms with Crippen molar-refractivity contribution >= 4 is 39.9 Å². The second-order valence-electron chi connectivity index (χ2n) is 5.80. The molecule has 0 saturated heterocycles. The highest BCUT2D eigenvalue weighted by molar-refractivity contribution is 7.18. The number of benzene rings is 1. The first-order chi connectivity index (χ1) is 13.3. The molecule has 1 aromatic heterocycles. The maximum atomic E-state index is 12.6. The summed E-state index contributed by atoms with van der Waals surface area (Å²) < 4.78 is 15.0. The average Bonchev–Trinajstić information content (AvgIpc) is 3.01. The predicted molar refractivity (Wildman–Crippen MR) is 106 cm³/mol. The summed E-state index contributed by atoms with van der Waals surface area (Å²) in [6.45, 7) is 4.08. The van der Waals surface area contributed by atoms with E-state index in [-0.39, 0.29) is 21.0 Å². The molecular weight excluding hydrogens is 384 g/mol. The number of amides is 1. The highest BCUT2D eigenvalue weighted by Crippen LogP contribution is 2.34. The zero-order chi connectivity index (χ0) is 20.8. The Morgan fingerprint density at radius 3 is 2.39 bits per heavy atom. The van der Waals surface area contributed by atoms with Gasteiger partial charge >= 0.3 is 11.9 Å². The van der Waals surface area contributed by atoms with E-state index in [0.717, 1.165) is 17.8 Å². The van der Waals surface area contributed by atoms with E-state index in [2.05, 4.69) is 5.32 Å². The number of ether oxygens (including phenoxy) is 3. The molecule has 28 heavy (non-hydrogen) atoms. The summed E-state index contributed by atoms with van der Waals surface area (Å²) in [5.74, 6) is -1.26. The molecule has 0 unspecified atom stereocenters. The van der Waals surface area contributed by atoms with Crippen molar-refractivity contribution in [3.8, 4) is 5.75 Å². The van der Waals surface area contributed by atoms with Crippen molar-refractivity contribution in [1.29, 1.82) is 0 Å². The minimum absolute atomic E-state index is 0.108. The number of carbonyl (C=O) groups is 3. The van der Waals surface area contributed by atoms with Crippen molar-refractivity contribution in [2.24, 2.45) is 0 Å². The van der Waals surface area contributed by atoms with Crippen LogP contribution in [0.1, 0.15) is 49.3 Å². The Hall–Kier alpha value is -3.07. The number of rotatable bonds is 7. The molecular formula is C19H22N2O6S. The number of hydrogen-bond donors (Lipinski definition) is 2. The van der Waals surface area contributed by atoms with Gasteiger partial charge in [-0.2, -0.15) is 0 Å². The molecule has 0 atom stereocenters. The first-order valence-corrected chi connectivity index (χ1v) is 9.29. The number of thiophene rings is 1. The number of nitrogen functional groups attached to an aromatic ring is 1. The number of esters is 2. The van der Waals surface area contributed by atoms with Crippen LogP contribution in [-0.4, -0.2) is 38.7 Å². The number of anilines is 2. The molecule has 9 heteroatoms. The Bertz CT molecular complexity index is 906. The summed E-state index contributed by atoms with van der Waals surface area (Å²) >= 11 is 0.941. The second kappa shape index (κ2) is 9.23. The third-order valence-electron chi connectivity index (χ3n) is 3.87. The van der Waals surface area contributed by atoms with Gasteiger partial charge in [-0.3, -0.25) is 4.79 Å². The quantitative estimate of drug-likeness (QED) is 0.535. The Morgan fingerprint density at radius 1 is 1.14 bits per heavy atom. The highest BCUT2D eigenvalue weighted by Gasteiger charge is 2.27. The smallest absolute Gasteiger partial charge is 0.348 e. The highest BCUT2D eigenvalue weighted by atomic mass is 32.1. The van der Waals surface area contributed by atoms with Crippen LogP contribution in [0, 0.1) is 6.92 Å². The monoisotopic (exact) mass is 406 g/mol. The third kappa shape index (κ3) is 4.42. The van der Waals surface area contributed by atoms with Gasteiger partial charge in [-0.05, 0) is 37.1 Å². The molecule has 1 heterocycles. The van der Waals surface area contributed by atoms with E-state index in [1.54, 1.807) is 19.1 Å². The molecule has 0 spiro atoms. The van der Waals surface area contributed by atoms with Gasteiger partial charge in [-0.15, -0.1) is 11.3 Å². The van der Waals surface area contributed by atoms with Crippen LogP contribution in [0.15, 0.2) is 18.2 Å². The lowest BCUT2D eigenvalue weighted by Gasteiger charge is -2.10. The van der Waals surface area contributed by atoms with E-state index in [4.69, 9.17) is 19.9 Å². The van der Waals surface area contributed by atoms with Crippen molar-refractivity contribution < 1.29 is 28.6 Å². The summed E-state index contributed by atoms with van der Waals surface area (Å²) in [6.07, 6.45) is 0.832. The first kappa shape index (κ1) is 21.2. The lowest BCUT2D eigenvalue weighted by atomic mass is 10.1. The SMILES string of the molecule is CCCOc1ccc(C(=O)Nc2sc(C(=O)OC)c(C)c2C(=O)OC)cc1N. The van der Waals surface area contributed by atoms with Gasteiger partial charge in [0.15, 0.2) is 0 Å². The minimum atomic E-state index is -0.665. The van der Waals surface area contributed by atoms with Crippen LogP contribution in [-0.2, 0) is 9.47 Å². The fraction of sp³-hybridized carbons (Fsp3) is 0.316. The van der Waals surface area contributed by atoms with E-state index >= 15 is 0 Å². The van der Waals surface area contributed by atoms with E-state index in [1.807, 2.05) is 6.92 Å². The Morgan fingerprint density at radius 2 is 1.82 bits per heavy atom. The second-order valence-corrected chi connectivity index (χ2v) is 6.82. The molecule has 8 nitrogen and oxygen atoms in total. The summed E-state index contributed by atoms with van der Waals surface area (Å²) in [6, 6.07) is 4.66. The molecule has 0 fully saturated rings. The maximum absolute atomic E-state index is 12.6. The number of hydrogen-bond acceptors (Lipinski definition) is 8. The van der Waals surface area contributed by atoms with Gasteiger partial charge in [0.2, 0.25) is 0 Å². The minimum Gasteiger partial charge on any atom is -0.491 e. The van der Waals surface area contributed by atoms with E-state index in [0.29, 0.717) is 23.6 Å². The first-order valence-electron chi connectivity index (χ1n) is 8.47. The van der Waals surface area contributed by atoms with Crippen molar-refractivity contribution in [2.75, 3.05) is 31.9 Å². The zero-order valence-electron chi connectivity index (χ0n) is 16.1. The Balaban J connectivity index is 2.34. The third-order valence-corrected chi connectivity index (χ3v) is 5.06. The van der Waals surface area contributed by atoms with Gasteiger partial charge in [0.1, 0.15) is 15.6 Å². The molecule has 1 amide bonds. The van der Waals surface area contributed by atoms with Gasteiger partial charge in [-0.25, -0.2) is 9.59 Å². The summed E-state index contributed by atoms with van der Waals surface area (Å²) in [7, 11) is 2.46. The fourth-order valence-electron chi connectivity index (χ4n) is 2.45. The molecule has 0 bridgehead atoms. The number of nitrogens with two attached hydrogens (primary N) is 1. The van der Waals surface area contributed by atoms with Crippen molar-refractivity contribution in [1.82, 2.24) is 0 Å². The van der Waals surface area contributed by atoms with Crippen molar-refractivity contribution in [3.05, 3.63) is 39.8 Å². The average molecular weight is 406 g/mol. The van der Waals surface area contributed by atoms with Crippen LogP contribution in [0.25, 0.3) is 0 Å². The fourth-order valence-corrected chi connectivity index (χ4v) is 3.55. The Labute approximate surface area is 166 Å². The molecule has 0 saturated carbocycles. The van der Waals surface area contributed by atoms with E-state index in [9.17, 15) is 14.4 Å². The van der Waals surface area contributed by atoms with Crippen LogP contribution < -0.4 is 15.8 Å². The number of methoxy groups -OCH3 is 2. The zero-order valence-corrected chi connectivity index (χ0v) is 16.9. The number of carbonyl (C=O) groups excluding carboxylic acids is 3. The van der Waals surface area contributed by atoms with Gasteiger partial charge in [0.25, 0.3) is 5.91 Å². The largest absolute Gasteiger partial charge is 0.491 e. The molecule has 1 aromatic carbocycles. The molecule has 0 aliphatic heterocycles. The predicted octanol–water partition coefficient (Wildman–Crippen LogP) is 3.25. The Kier molecular flexibility index (Phi) is 7.00. The molecule has 2 aromatic rings. The van der Waals surface area contributed by atoms with Crippen LogP contribution in [0.2, 0.25) is 0 Å². The van der Waals surface area contributed by atoms with Gasteiger partial charge in [-0.1, -0.05) is 6.92 Å². The standard InChI is InChI=1S/C19H22N2O6S/c1-5-8-27-13-7-6-11(9-12(13)20)16(22)21-17-14(18(23)25-3)10(2)15(28-17)19(24)26-4/h6-7,9H,5,8,20H2,1-4H3,(H,21,22). The van der Waals surface area contributed by atoms with Gasteiger partial charge in [0, 0.05) is 5.56 Å². The number of nitrogens with one attached hydrogen (secondary N) is 1. The molecule has 0 aliphatic rings. The van der Waals surface area contributed by atoms with Crippen LogP contribution >= 0.6 is 11.3 Å². The summed E-state index contributed by atoms with van der Waals surface area (Å²) in [5.41, 5.74) is 7.03. The molecule has 0 radical (unpaired) electrons. The van der Waals surface area contributed by atoms with Gasteiger partial charge < -0.3 is 25.3 Å². The lowest BCUT2D eigenvalue weighted by molar-refractivity contribution is 0.0601. The molecule has 150 valence electrons. The lowest BCUT2D eigenvalue weighted by Crippen LogP contribution is -2.14. The van der Waals surface area contributed by atoms with Crippen LogP contribution in [0.4, 0.5) is 10.7 Å². The van der Waals surface area contributed by atoms with E-state index < -0.39 is 17.8 Å². The molecule has 0 aliphatic carbocycles. The van der Waals surface area contributed by atoms with Gasteiger partial charge in [0.05, 0.1) is 32.1 Å². The normalized spacial score (nSPS) is 10.3. The van der Waals surface area contributed by atoms with Crippen molar-refractivity contribution in [2.45, 2.75) is 20.3 Å². The topological polar surface area (TPSA) is 117 Å². The summed E-state index contributed by atoms with van der Waals surface area (Å²) in [4.78, 5) is 36.9. The maximum Gasteiger partial charge on any atom is 0.348 e. The molecule has 3 N–H and O–H groups in total. The van der Waals surface area contributed by atoms with E-state index in [1.165, 1.54) is 20.3 Å². The van der Waals surface area contributed by atoms with Crippen LogP contribution in [0.5, 0.6) is 5.75 Å². The summed E-state index contributed by atoms with van der Waals surface area (Å²) in [5, 5.41) is 2.84. The van der Waals surface area contributed by atoms with Crippen LogP contribution in [0.3, 0.4) is 0 Å².